The summed E-state index contributed by atoms with van der Waals surface area (Å²) in [6.45, 7) is 2.96. The van der Waals surface area contributed by atoms with E-state index in [1.807, 2.05) is 4.90 Å². The van der Waals surface area contributed by atoms with Crippen LogP contribution in [0.25, 0.3) is 0 Å². The van der Waals surface area contributed by atoms with Crippen LogP contribution in [0.4, 0.5) is 0 Å². The summed E-state index contributed by atoms with van der Waals surface area (Å²) in [6.07, 6.45) is 6.67. The fourth-order valence-electron chi connectivity index (χ4n) is 5.29. The molecule has 1 aromatic rings. The zero-order chi connectivity index (χ0) is 20.6. The van der Waals surface area contributed by atoms with Crippen molar-refractivity contribution < 1.29 is 9.59 Å². The maximum atomic E-state index is 13.2. The SMILES string of the molecule is Cn1nc2c(cc1=O)C[C@@H](C(=O)N1CCC(C(N)=O)(N3CCCCC3)CC1)CC2. The van der Waals surface area contributed by atoms with Crippen molar-refractivity contribution in [2.75, 3.05) is 26.2 Å². The van der Waals surface area contributed by atoms with E-state index < -0.39 is 5.54 Å². The highest BCUT2D eigenvalue weighted by Crippen LogP contribution is 2.33. The third-order valence-corrected chi connectivity index (χ3v) is 7.13. The molecule has 2 fully saturated rings. The number of nitrogens with two attached hydrogens (primary N) is 1. The normalized spacial score (nSPS) is 24.7. The standard InChI is InChI=1S/C21H31N5O3/c1-24-18(27)14-16-13-15(5-6-17(16)23-24)19(28)25-11-7-21(8-12-25,20(22)29)26-9-3-2-4-10-26/h14-15H,2-13H2,1H3,(H2,22,29)/t15-/m0/s1. The highest BCUT2D eigenvalue weighted by molar-refractivity contribution is 5.86. The van der Waals surface area contributed by atoms with E-state index in [1.165, 1.54) is 11.1 Å². The van der Waals surface area contributed by atoms with E-state index in [2.05, 4.69) is 10.00 Å². The van der Waals surface area contributed by atoms with Gasteiger partial charge in [-0.25, -0.2) is 4.68 Å². The van der Waals surface area contributed by atoms with E-state index in [-0.39, 0.29) is 23.3 Å². The van der Waals surface area contributed by atoms with Crippen molar-refractivity contribution in [1.29, 1.82) is 0 Å². The molecule has 2 saturated heterocycles. The van der Waals surface area contributed by atoms with Crippen LogP contribution in [0.5, 0.6) is 0 Å². The molecule has 0 unspecified atom stereocenters. The second kappa shape index (κ2) is 7.89. The van der Waals surface area contributed by atoms with Crippen LogP contribution < -0.4 is 11.3 Å². The van der Waals surface area contributed by atoms with Crippen molar-refractivity contribution in [3.8, 4) is 0 Å². The number of fused-ring (bicyclic) bond motifs is 1. The predicted octanol–water partition coefficient (Wildman–Crippen LogP) is 0.218. The third-order valence-electron chi connectivity index (χ3n) is 7.13. The molecule has 0 saturated carbocycles. The van der Waals surface area contributed by atoms with E-state index in [4.69, 9.17) is 5.73 Å². The van der Waals surface area contributed by atoms with Crippen molar-refractivity contribution in [1.82, 2.24) is 19.6 Å². The van der Waals surface area contributed by atoms with Crippen LogP contribution in [0.3, 0.4) is 0 Å². The smallest absolute Gasteiger partial charge is 0.266 e. The molecule has 3 aliphatic rings. The Morgan fingerprint density at radius 1 is 1.14 bits per heavy atom. The van der Waals surface area contributed by atoms with E-state index in [0.717, 1.165) is 43.6 Å². The summed E-state index contributed by atoms with van der Waals surface area (Å²) in [5.74, 6) is -0.236. The second-order valence-corrected chi connectivity index (χ2v) is 8.79. The molecule has 0 bridgehead atoms. The zero-order valence-corrected chi connectivity index (χ0v) is 17.2. The molecular formula is C21H31N5O3. The van der Waals surface area contributed by atoms with Gasteiger partial charge >= 0.3 is 0 Å². The Kier molecular flexibility index (Phi) is 5.46. The number of rotatable bonds is 3. The Labute approximate surface area is 171 Å². The Morgan fingerprint density at radius 2 is 1.83 bits per heavy atom. The van der Waals surface area contributed by atoms with Gasteiger partial charge in [-0.1, -0.05) is 6.42 Å². The van der Waals surface area contributed by atoms with Crippen LogP contribution in [-0.4, -0.2) is 63.1 Å². The molecule has 0 spiro atoms. The summed E-state index contributed by atoms with van der Waals surface area (Å²) in [6, 6.07) is 1.62. The first-order valence-electron chi connectivity index (χ1n) is 10.8. The topological polar surface area (TPSA) is 102 Å². The Balaban J connectivity index is 1.43. The van der Waals surface area contributed by atoms with Crippen LogP contribution in [0.2, 0.25) is 0 Å². The number of nitrogens with zero attached hydrogens (tertiary/aromatic N) is 4. The number of aryl methyl sites for hydroxylation is 2. The van der Waals surface area contributed by atoms with Gasteiger partial charge in [-0.15, -0.1) is 0 Å². The number of likely N-dealkylation sites (tertiary alicyclic amines) is 2. The predicted molar refractivity (Wildman–Crippen MR) is 108 cm³/mol. The monoisotopic (exact) mass is 401 g/mol. The van der Waals surface area contributed by atoms with Crippen LogP contribution in [0, 0.1) is 5.92 Å². The third kappa shape index (κ3) is 3.70. The van der Waals surface area contributed by atoms with Crippen LogP contribution >= 0.6 is 0 Å². The van der Waals surface area contributed by atoms with Gasteiger partial charge in [0.15, 0.2) is 0 Å². The molecule has 2 aliphatic heterocycles. The van der Waals surface area contributed by atoms with Crippen LogP contribution in [-0.2, 0) is 29.5 Å². The van der Waals surface area contributed by atoms with E-state index in [1.54, 1.807) is 13.1 Å². The first kappa shape index (κ1) is 20.1. The maximum absolute atomic E-state index is 13.2. The van der Waals surface area contributed by atoms with Gasteiger partial charge in [-0.3, -0.25) is 19.3 Å². The summed E-state index contributed by atoms with van der Waals surface area (Å²) in [4.78, 5) is 41.6. The molecule has 1 atom stereocenters. The minimum atomic E-state index is -0.605. The summed E-state index contributed by atoms with van der Waals surface area (Å²) in [7, 11) is 1.65. The minimum Gasteiger partial charge on any atom is -0.368 e. The van der Waals surface area contributed by atoms with Crippen molar-refractivity contribution in [2.45, 2.75) is 56.9 Å². The van der Waals surface area contributed by atoms with Gasteiger partial charge in [0.1, 0.15) is 5.54 Å². The number of amides is 2. The lowest BCUT2D eigenvalue weighted by Crippen LogP contribution is -2.64. The summed E-state index contributed by atoms with van der Waals surface area (Å²) < 4.78 is 1.36. The molecule has 1 aliphatic carbocycles. The van der Waals surface area contributed by atoms with Gasteiger partial charge in [0.05, 0.1) is 5.69 Å². The first-order valence-corrected chi connectivity index (χ1v) is 10.8. The lowest BCUT2D eigenvalue weighted by atomic mass is 9.81. The van der Waals surface area contributed by atoms with Crippen molar-refractivity contribution in [3.63, 3.8) is 0 Å². The van der Waals surface area contributed by atoms with Crippen LogP contribution in [0.15, 0.2) is 10.9 Å². The number of carbonyl (C=O) groups excluding carboxylic acids is 2. The van der Waals surface area contributed by atoms with E-state index in [9.17, 15) is 14.4 Å². The van der Waals surface area contributed by atoms with Gasteiger partial charge < -0.3 is 10.6 Å². The molecule has 0 aromatic carbocycles. The Morgan fingerprint density at radius 3 is 2.48 bits per heavy atom. The molecular weight excluding hydrogens is 370 g/mol. The molecule has 8 nitrogen and oxygen atoms in total. The molecule has 2 amide bonds. The average Bonchev–Trinajstić information content (AvgIpc) is 2.74. The first-order chi connectivity index (χ1) is 13.9. The second-order valence-electron chi connectivity index (χ2n) is 8.79. The largest absolute Gasteiger partial charge is 0.368 e. The lowest BCUT2D eigenvalue weighted by Gasteiger charge is -2.48. The summed E-state index contributed by atoms with van der Waals surface area (Å²) in [5.41, 5.74) is 6.93. The molecule has 0 radical (unpaired) electrons. The zero-order valence-electron chi connectivity index (χ0n) is 17.2. The molecule has 8 heteroatoms. The quantitative estimate of drug-likeness (QED) is 0.781. The van der Waals surface area contributed by atoms with Gasteiger partial charge in [0, 0.05) is 32.1 Å². The molecule has 3 heterocycles. The number of hydrogen-bond donors (Lipinski definition) is 1. The lowest BCUT2D eigenvalue weighted by molar-refractivity contribution is -0.144. The van der Waals surface area contributed by atoms with Crippen molar-refractivity contribution >= 4 is 11.8 Å². The van der Waals surface area contributed by atoms with Gasteiger partial charge in [-0.05, 0) is 63.6 Å². The van der Waals surface area contributed by atoms with Gasteiger partial charge in [-0.2, -0.15) is 5.10 Å². The van der Waals surface area contributed by atoms with Crippen LogP contribution in [0.1, 0.15) is 49.8 Å². The van der Waals surface area contributed by atoms with Crippen molar-refractivity contribution in [3.05, 3.63) is 27.7 Å². The number of aromatic nitrogens is 2. The average molecular weight is 402 g/mol. The van der Waals surface area contributed by atoms with E-state index in [0.29, 0.717) is 38.8 Å². The molecule has 4 rings (SSSR count). The summed E-state index contributed by atoms with van der Waals surface area (Å²) in [5, 5.41) is 4.33. The Hall–Kier alpha value is -2.22. The summed E-state index contributed by atoms with van der Waals surface area (Å²) >= 11 is 0. The fourth-order valence-corrected chi connectivity index (χ4v) is 5.29. The van der Waals surface area contributed by atoms with Gasteiger partial charge in [0.25, 0.3) is 5.56 Å². The highest BCUT2D eigenvalue weighted by atomic mass is 16.2. The van der Waals surface area contributed by atoms with Gasteiger partial charge in [0.2, 0.25) is 11.8 Å². The molecule has 2 N–H and O–H groups in total. The van der Waals surface area contributed by atoms with E-state index >= 15 is 0 Å². The number of hydrogen-bond acceptors (Lipinski definition) is 5. The molecule has 29 heavy (non-hydrogen) atoms. The molecule has 1 aromatic heterocycles. The number of primary amides is 1. The highest BCUT2D eigenvalue weighted by Gasteiger charge is 2.46. The minimum absolute atomic E-state index is 0.118. The fraction of sp³-hybridized carbons (Fsp3) is 0.714. The van der Waals surface area contributed by atoms with Crippen molar-refractivity contribution in [2.24, 2.45) is 18.7 Å². The maximum Gasteiger partial charge on any atom is 0.266 e. The molecule has 158 valence electrons. The Bertz CT molecular complexity index is 850. The number of carbonyl (C=O) groups is 2. The number of piperidine rings is 2.